The van der Waals surface area contributed by atoms with Gasteiger partial charge in [0.05, 0.1) is 26.5 Å². The van der Waals surface area contributed by atoms with E-state index >= 15 is 0 Å². The van der Waals surface area contributed by atoms with Gasteiger partial charge in [-0.3, -0.25) is 0 Å². The standard InChI is InChI=1S/C12H15NO7/c1-4-17-11(14)19-9-6-8(16-3)7-13-10(9)20-12(15)18-5-2/h6-7H,4-5H2,1-3H3. The van der Waals surface area contributed by atoms with Crippen molar-refractivity contribution in [3.05, 3.63) is 12.3 Å². The van der Waals surface area contributed by atoms with Gasteiger partial charge in [0.1, 0.15) is 5.75 Å². The van der Waals surface area contributed by atoms with Crippen LogP contribution in [0.3, 0.4) is 0 Å². The van der Waals surface area contributed by atoms with Gasteiger partial charge in [-0.05, 0) is 13.8 Å². The first kappa shape index (κ1) is 15.5. The van der Waals surface area contributed by atoms with Crippen LogP contribution in [0, 0.1) is 0 Å². The molecule has 0 amide bonds. The van der Waals surface area contributed by atoms with Gasteiger partial charge < -0.3 is 23.7 Å². The molecule has 0 fully saturated rings. The van der Waals surface area contributed by atoms with E-state index in [0.29, 0.717) is 5.75 Å². The SMILES string of the molecule is CCOC(=O)Oc1cc(OC)cnc1OC(=O)OCC. The van der Waals surface area contributed by atoms with Crippen molar-refractivity contribution in [2.24, 2.45) is 0 Å². The quantitative estimate of drug-likeness (QED) is 0.760. The minimum atomic E-state index is -0.959. The highest BCUT2D eigenvalue weighted by molar-refractivity contribution is 5.68. The molecule has 20 heavy (non-hydrogen) atoms. The molecule has 1 aromatic heterocycles. The maximum Gasteiger partial charge on any atom is 0.515 e. The summed E-state index contributed by atoms with van der Waals surface area (Å²) in [7, 11) is 1.41. The molecular weight excluding hydrogens is 270 g/mol. The van der Waals surface area contributed by atoms with E-state index in [0.717, 1.165) is 0 Å². The van der Waals surface area contributed by atoms with Gasteiger partial charge in [-0.1, -0.05) is 0 Å². The molecule has 0 saturated heterocycles. The molecule has 1 rings (SSSR count). The van der Waals surface area contributed by atoms with Crippen molar-refractivity contribution in [1.82, 2.24) is 4.98 Å². The summed E-state index contributed by atoms with van der Waals surface area (Å²) in [6, 6.07) is 1.33. The largest absolute Gasteiger partial charge is 0.515 e. The van der Waals surface area contributed by atoms with Gasteiger partial charge in [0.25, 0.3) is 5.88 Å². The van der Waals surface area contributed by atoms with Crippen LogP contribution in [0.15, 0.2) is 12.3 Å². The Morgan fingerprint density at radius 1 is 1.10 bits per heavy atom. The topological polar surface area (TPSA) is 93.2 Å². The first-order valence-corrected chi connectivity index (χ1v) is 5.83. The lowest BCUT2D eigenvalue weighted by Gasteiger charge is -2.10. The molecule has 1 aromatic rings. The minimum absolute atomic E-state index is 0.115. The van der Waals surface area contributed by atoms with Gasteiger partial charge >= 0.3 is 12.3 Å². The summed E-state index contributed by atoms with van der Waals surface area (Å²) in [5.41, 5.74) is 0. The Morgan fingerprint density at radius 3 is 2.25 bits per heavy atom. The molecule has 0 saturated carbocycles. The summed E-state index contributed by atoms with van der Waals surface area (Å²) < 4.78 is 23.8. The second-order valence-electron chi connectivity index (χ2n) is 3.25. The molecule has 1 heterocycles. The molecule has 0 unspecified atom stereocenters. The van der Waals surface area contributed by atoms with E-state index < -0.39 is 12.3 Å². The van der Waals surface area contributed by atoms with Crippen LogP contribution < -0.4 is 14.2 Å². The smallest absolute Gasteiger partial charge is 0.495 e. The summed E-state index contributed by atoms with van der Waals surface area (Å²) >= 11 is 0. The summed E-state index contributed by atoms with van der Waals surface area (Å²) in [6.07, 6.45) is -0.609. The molecule has 0 atom stereocenters. The van der Waals surface area contributed by atoms with Crippen molar-refractivity contribution >= 4 is 12.3 Å². The zero-order valence-corrected chi connectivity index (χ0v) is 11.4. The van der Waals surface area contributed by atoms with E-state index in [4.69, 9.17) is 14.2 Å². The van der Waals surface area contributed by atoms with Gasteiger partial charge in [-0.2, -0.15) is 0 Å². The normalized spacial score (nSPS) is 9.55. The Bertz CT molecular complexity index is 475. The van der Waals surface area contributed by atoms with Crippen molar-refractivity contribution in [1.29, 1.82) is 0 Å². The highest BCUT2D eigenvalue weighted by Gasteiger charge is 2.17. The first-order valence-electron chi connectivity index (χ1n) is 5.83. The second kappa shape index (κ2) is 7.82. The number of aromatic nitrogens is 1. The van der Waals surface area contributed by atoms with Crippen LogP contribution >= 0.6 is 0 Å². The number of hydrogen-bond donors (Lipinski definition) is 0. The third-order valence-electron chi connectivity index (χ3n) is 1.93. The monoisotopic (exact) mass is 285 g/mol. The highest BCUT2D eigenvalue weighted by atomic mass is 16.7. The van der Waals surface area contributed by atoms with Crippen molar-refractivity contribution in [3.8, 4) is 17.4 Å². The zero-order chi connectivity index (χ0) is 15.0. The van der Waals surface area contributed by atoms with E-state index in [1.807, 2.05) is 0 Å². The number of methoxy groups -OCH3 is 1. The van der Waals surface area contributed by atoms with Crippen molar-refractivity contribution in [2.75, 3.05) is 20.3 Å². The third-order valence-corrected chi connectivity index (χ3v) is 1.93. The van der Waals surface area contributed by atoms with Gasteiger partial charge in [0, 0.05) is 6.07 Å². The van der Waals surface area contributed by atoms with Crippen LogP contribution in [0.4, 0.5) is 9.59 Å². The fraction of sp³-hybridized carbons (Fsp3) is 0.417. The molecular formula is C12H15NO7. The Balaban J connectivity index is 2.91. The predicted molar refractivity (Wildman–Crippen MR) is 66.1 cm³/mol. The number of ether oxygens (including phenoxy) is 5. The summed E-state index contributed by atoms with van der Waals surface area (Å²) in [5.74, 6) is -0.0198. The fourth-order valence-corrected chi connectivity index (χ4v) is 1.14. The van der Waals surface area contributed by atoms with E-state index in [1.54, 1.807) is 13.8 Å². The van der Waals surface area contributed by atoms with Crippen LogP contribution in [0.1, 0.15) is 13.8 Å². The van der Waals surface area contributed by atoms with Crippen LogP contribution in [-0.2, 0) is 9.47 Å². The molecule has 0 aliphatic rings. The van der Waals surface area contributed by atoms with Crippen LogP contribution in [0.5, 0.6) is 17.4 Å². The highest BCUT2D eigenvalue weighted by Crippen LogP contribution is 2.29. The van der Waals surface area contributed by atoms with E-state index in [1.165, 1.54) is 19.4 Å². The van der Waals surface area contributed by atoms with E-state index in [-0.39, 0.29) is 24.8 Å². The lowest BCUT2D eigenvalue weighted by atomic mass is 10.4. The molecule has 0 radical (unpaired) electrons. The van der Waals surface area contributed by atoms with Crippen molar-refractivity contribution < 1.29 is 33.3 Å². The van der Waals surface area contributed by atoms with Gasteiger partial charge in [-0.25, -0.2) is 14.6 Å². The van der Waals surface area contributed by atoms with Crippen LogP contribution in [0.2, 0.25) is 0 Å². The van der Waals surface area contributed by atoms with E-state index in [9.17, 15) is 9.59 Å². The maximum atomic E-state index is 11.3. The van der Waals surface area contributed by atoms with Gasteiger partial charge in [-0.15, -0.1) is 0 Å². The van der Waals surface area contributed by atoms with Gasteiger partial charge in [0.15, 0.2) is 0 Å². The Labute approximate surface area is 115 Å². The van der Waals surface area contributed by atoms with Gasteiger partial charge in [0.2, 0.25) is 5.75 Å². The maximum absolute atomic E-state index is 11.3. The van der Waals surface area contributed by atoms with Crippen molar-refractivity contribution in [3.63, 3.8) is 0 Å². The Morgan fingerprint density at radius 2 is 1.70 bits per heavy atom. The Hall–Kier alpha value is -2.51. The summed E-state index contributed by atoms with van der Waals surface area (Å²) in [6.45, 7) is 3.53. The van der Waals surface area contributed by atoms with E-state index in [2.05, 4.69) is 14.5 Å². The molecule has 0 spiro atoms. The van der Waals surface area contributed by atoms with Crippen LogP contribution in [-0.4, -0.2) is 37.6 Å². The molecule has 0 aliphatic heterocycles. The zero-order valence-electron chi connectivity index (χ0n) is 11.4. The second-order valence-corrected chi connectivity index (χ2v) is 3.25. The molecule has 8 nitrogen and oxygen atoms in total. The molecule has 0 N–H and O–H groups in total. The lowest BCUT2D eigenvalue weighted by Crippen LogP contribution is -2.15. The Kier molecular flexibility index (Phi) is 6.08. The average Bonchev–Trinajstić information content (AvgIpc) is 2.41. The number of pyridine rings is 1. The average molecular weight is 285 g/mol. The van der Waals surface area contributed by atoms with Crippen LogP contribution in [0.25, 0.3) is 0 Å². The summed E-state index contributed by atoms with van der Waals surface area (Å²) in [5, 5.41) is 0. The first-order chi connectivity index (χ1) is 9.60. The number of carbonyl (C=O) groups excluding carboxylic acids is 2. The minimum Gasteiger partial charge on any atom is -0.495 e. The number of hydrogen-bond acceptors (Lipinski definition) is 8. The molecule has 0 bridgehead atoms. The number of nitrogens with zero attached hydrogens (tertiary/aromatic N) is 1. The number of carbonyl (C=O) groups is 2. The predicted octanol–water partition coefficient (Wildman–Crippen LogP) is 2.16. The molecule has 0 aliphatic carbocycles. The summed E-state index contributed by atoms with van der Waals surface area (Å²) in [4.78, 5) is 26.3. The molecule has 8 heteroatoms. The fourth-order valence-electron chi connectivity index (χ4n) is 1.14. The van der Waals surface area contributed by atoms with Crippen molar-refractivity contribution in [2.45, 2.75) is 13.8 Å². The molecule has 0 aromatic carbocycles. The molecule has 110 valence electrons. The lowest BCUT2D eigenvalue weighted by molar-refractivity contribution is 0.0923. The number of rotatable bonds is 5. The third kappa shape index (κ3) is 4.63.